The van der Waals surface area contributed by atoms with Gasteiger partial charge in [-0.05, 0) is 10.4 Å². The summed E-state index contributed by atoms with van der Waals surface area (Å²) in [6, 6.07) is -3.27. The molecular formula is C9H2F4N4O3. The number of fused-ring (bicyclic) bond motifs is 1. The van der Waals surface area contributed by atoms with Crippen LogP contribution in [0.25, 0.3) is 5.69 Å². The highest BCUT2D eigenvalue weighted by Crippen LogP contribution is 2.60. The fourth-order valence-electron chi connectivity index (χ4n) is 2.18. The molecule has 2 bridgehead atoms. The number of benzene rings is 1. The van der Waals surface area contributed by atoms with Crippen molar-refractivity contribution in [3.63, 3.8) is 0 Å². The first-order valence-electron chi connectivity index (χ1n) is 5.20. The lowest BCUT2D eigenvalue weighted by atomic mass is 10.1. The first kappa shape index (κ1) is 11.3. The molecule has 0 fully saturated rings. The van der Waals surface area contributed by atoms with Crippen LogP contribution in [0, 0.1) is 11.6 Å². The van der Waals surface area contributed by atoms with Gasteiger partial charge in [0, 0.05) is 0 Å². The molecule has 2 unspecified atom stereocenters. The predicted octanol–water partition coefficient (Wildman–Crippen LogP) is 0.652. The smallest absolute Gasteiger partial charge is 0.420 e. The summed E-state index contributed by atoms with van der Waals surface area (Å²) in [5.41, 5.74) is -2.78. The number of tetrazole rings is 1. The normalized spacial score (nSPS) is 25.7. The zero-order valence-corrected chi connectivity index (χ0v) is 9.16. The second-order valence-electron chi connectivity index (χ2n) is 4.12. The van der Waals surface area contributed by atoms with Crippen molar-refractivity contribution in [2.24, 2.45) is 0 Å². The molecule has 0 spiro atoms. The van der Waals surface area contributed by atoms with Gasteiger partial charge in [0.2, 0.25) is 6.17 Å². The van der Waals surface area contributed by atoms with Crippen molar-refractivity contribution < 1.29 is 27.0 Å². The molecular weight excluding hydrogens is 288 g/mol. The molecule has 20 heavy (non-hydrogen) atoms. The quantitative estimate of drug-likeness (QED) is 0.780. The van der Waals surface area contributed by atoms with Gasteiger partial charge in [0.05, 0.1) is 5.56 Å². The number of aromatic amines is 1. The van der Waals surface area contributed by atoms with Crippen molar-refractivity contribution in [1.82, 2.24) is 20.2 Å². The van der Waals surface area contributed by atoms with Crippen LogP contribution in [0.4, 0.5) is 17.6 Å². The Morgan fingerprint density at radius 3 is 2.55 bits per heavy atom. The van der Waals surface area contributed by atoms with E-state index >= 15 is 0 Å². The standard InChI is InChI=1S/C9H2F4N4O3/c10-2-1-5-6(20-9(13,19-5)7(1)12)4(3(2)11)17-8(18)14-15-16-17/h7H,(H,14,16,18). The zero-order valence-electron chi connectivity index (χ0n) is 9.16. The van der Waals surface area contributed by atoms with Crippen molar-refractivity contribution in [2.75, 3.05) is 0 Å². The zero-order chi connectivity index (χ0) is 14.2. The van der Waals surface area contributed by atoms with E-state index in [1.165, 1.54) is 0 Å². The van der Waals surface area contributed by atoms with Crippen molar-refractivity contribution in [1.29, 1.82) is 0 Å². The minimum Gasteiger partial charge on any atom is -0.420 e. The van der Waals surface area contributed by atoms with Crippen molar-refractivity contribution in [3.05, 3.63) is 27.7 Å². The molecule has 2 aromatic rings. The lowest BCUT2D eigenvalue weighted by Crippen LogP contribution is -2.36. The maximum atomic E-state index is 13.9. The Bertz CT molecular complexity index is 818. The number of ether oxygens (including phenoxy) is 2. The predicted molar refractivity (Wildman–Crippen MR) is 50.8 cm³/mol. The Labute approximate surface area is 105 Å². The Morgan fingerprint density at radius 2 is 1.95 bits per heavy atom. The first-order valence-corrected chi connectivity index (χ1v) is 5.20. The van der Waals surface area contributed by atoms with Crippen LogP contribution < -0.4 is 15.2 Å². The second kappa shape index (κ2) is 3.11. The molecule has 1 N–H and O–H groups in total. The molecule has 3 heterocycles. The van der Waals surface area contributed by atoms with Crippen LogP contribution in [-0.2, 0) is 0 Å². The number of hydrogen-bond donors (Lipinski definition) is 1. The van der Waals surface area contributed by atoms with Crippen molar-refractivity contribution in [3.8, 4) is 17.2 Å². The molecule has 2 aliphatic heterocycles. The summed E-state index contributed by atoms with van der Waals surface area (Å²) in [5, 5.41) is 8.12. The van der Waals surface area contributed by atoms with Crippen LogP contribution >= 0.6 is 0 Å². The highest BCUT2D eigenvalue weighted by Gasteiger charge is 2.63. The van der Waals surface area contributed by atoms with Gasteiger partial charge < -0.3 is 9.47 Å². The Kier molecular flexibility index (Phi) is 1.75. The summed E-state index contributed by atoms with van der Waals surface area (Å²) in [7, 11) is 0. The van der Waals surface area contributed by atoms with E-state index < -0.39 is 52.3 Å². The largest absolute Gasteiger partial charge is 0.445 e. The Balaban J connectivity index is 2.11. The molecule has 1 aromatic heterocycles. The summed E-state index contributed by atoms with van der Waals surface area (Å²) >= 11 is 0. The van der Waals surface area contributed by atoms with Gasteiger partial charge in [-0.15, -0.1) is 0 Å². The topological polar surface area (TPSA) is 82.0 Å². The molecule has 4 rings (SSSR count). The molecule has 0 amide bonds. The summed E-state index contributed by atoms with van der Waals surface area (Å²) in [4.78, 5) is 11.4. The van der Waals surface area contributed by atoms with E-state index in [1.54, 1.807) is 0 Å². The third-order valence-electron chi connectivity index (χ3n) is 3.03. The monoisotopic (exact) mass is 290 g/mol. The van der Waals surface area contributed by atoms with E-state index in [2.05, 4.69) is 19.9 Å². The molecule has 0 radical (unpaired) electrons. The highest BCUT2D eigenvalue weighted by atomic mass is 19.2. The first-order chi connectivity index (χ1) is 9.44. The van der Waals surface area contributed by atoms with E-state index in [0.717, 1.165) is 0 Å². The van der Waals surface area contributed by atoms with Crippen molar-refractivity contribution in [2.45, 2.75) is 12.2 Å². The fourth-order valence-corrected chi connectivity index (χ4v) is 2.18. The number of alkyl halides is 2. The summed E-state index contributed by atoms with van der Waals surface area (Å²) in [5.74, 6) is -4.58. The minimum absolute atomic E-state index is 0.314. The van der Waals surface area contributed by atoms with E-state index in [9.17, 15) is 22.4 Å². The number of H-pyrrole nitrogens is 1. The van der Waals surface area contributed by atoms with Gasteiger partial charge in [-0.3, -0.25) is 0 Å². The number of hydrogen-bond acceptors (Lipinski definition) is 5. The van der Waals surface area contributed by atoms with Crippen LogP contribution in [0.1, 0.15) is 11.7 Å². The molecule has 2 aliphatic rings. The van der Waals surface area contributed by atoms with Crippen LogP contribution in [0.2, 0.25) is 0 Å². The molecule has 0 saturated carbocycles. The van der Waals surface area contributed by atoms with Crippen LogP contribution in [0.5, 0.6) is 11.5 Å². The summed E-state index contributed by atoms with van der Waals surface area (Å²) < 4.78 is 64.5. The SMILES string of the molecule is O=c1[nH]nnn1-c1c(F)c(F)c2c3c1OC(F)(O3)C2F. The lowest BCUT2D eigenvalue weighted by molar-refractivity contribution is -0.222. The van der Waals surface area contributed by atoms with Gasteiger partial charge in [-0.2, -0.15) is 9.07 Å². The molecule has 2 atom stereocenters. The van der Waals surface area contributed by atoms with E-state index in [4.69, 9.17) is 0 Å². The number of aromatic nitrogens is 4. The molecule has 0 saturated heterocycles. The number of nitrogens with zero attached hydrogens (tertiary/aromatic N) is 3. The van der Waals surface area contributed by atoms with Crippen LogP contribution in [0.3, 0.4) is 0 Å². The van der Waals surface area contributed by atoms with Gasteiger partial charge in [-0.1, -0.05) is 0 Å². The van der Waals surface area contributed by atoms with Gasteiger partial charge in [-0.25, -0.2) is 23.1 Å². The average molecular weight is 290 g/mol. The summed E-state index contributed by atoms with van der Waals surface area (Å²) in [6.45, 7) is 0. The number of rotatable bonds is 1. The highest BCUT2D eigenvalue weighted by molar-refractivity contribution is 5.65. The lowest BCUT2D eigenvalue weighted by Gasteiger charge is -2.21. The number of nitrogens with one attached hydrogen (secondary N) is 1. The molecule has 1 aromatic carbocycles. The third kappa shape index (κ3) is 1.04. The summed E-state index contributed by atoms with van der Waals surface area (Å²) in [6.07, 6.45) is -2.62. The minimum atomic E-state index is -3.27. The van der Waals surface area contributed by atoms with E-state index in [0.29, 0.717) is 4.68 Å². The van der Waals surface area contributed by atoms with Gasteiger partial charge in [0.25, 0.3) is 0 Å². The van der Waals surface area contributed by atoms with E-state index in [-0.39, 0.29) is 0 Å². The molecule has 11 heteroatoms. The fraction of sp³-hybridized carbons (Fsp3) is 0.222. The van der Waals surface area contributed by atoms with E-state index in [1.807, 2.05) is 5.10 Å². The van der Waals surface area contributed by atoms with Gasteiger partial charge in [0.1, 0.15) is 0 Å². The maximum Gasteiger partial charge on any atom is 0.445 e. The Morgan fingerprint density at radius 1 is 1.25 bits per heavy atom. The molecule has 104 valence electrons. The van der Waals surface area contributed by atoms with Gasteiger partial charge in [0.15, 0.2) is 28.8 Å². The average Bonchev–Trinajstić information content (AvgIpc) is 3.01. The van der Waals surface area contributed by atoms with Gasteiger partial charge >= 0.3 is 11.7 Å². The molecule has 7 nitrogen and oxygen atoms in total. The van der Waals surface area contributed by atoms with Crippen LogP contribution in [0.15, 0.2) is 4.79 Å². The third-order valence-corrected chi connectivity index (χ3v) is 3.03. The number of halogens is 4. The Hall–Kier alpha value is -2.59. The van der Waals surface area contributed by atoms with Crippen LogP contribution in [-0.4, -0.2) is 26.2 Å². The molecule has 0 aliphatic carbocycles. The second-order valence-corrected chi connectivity index (χ2v) is 4.12. The maximum absolute atomic E-state index is 13.9. The van der Waals surface area contributed by atoms with Crippen molar-refractivity contribution >= 4 is 0 Å².